The van der Waals surface area contributed by atoms with E-state index in [1.165, 1.54) is 0 Å². The van der Waals surface area contributed by atoms with Gasteiger partial charge in [0.2, 0.25) is 0 Å². The molecule has 0 radical (unpaired) electrons. The molecule has 8 heteroatoms. The normalized spacial score (nSPS) is 21.0. The number of imidazole rings is 1. The standard InChI is InChI=1S/C19H26N8/c1-15-7-11-25(13-16(15)26-12-9-21-14-26)19(20-2)22-8-6-18-24-23-17-5-3-4-10-27(17)18/h3-5,9-10,12,14-16H,6-8,11,13H2,1-2H3,(H,20,22). The first-order valence-corrected chi connectivity index (χ1v) is 9.48. The van der Waals surface area contributed by atoms with E-state index in [1.807, 2.05) is 48.4 Å². The van der Waals surface area contributed by atoms with Crippen molar-refractivity contribution in [3.05, 3.63) is 48.9 Å². The van der Waals surface area contributed by atoms with Gasteiger partial charge in [-0.25, -0.2) is 4.98 Å². The second-order valence-electron chi connectivity index (χ2n) is 7.06. The predicted octanol–water partition coefficient (Wildman–Crippen LogP) is 1.63. The van der Waals surface area contributed by atoms with Gasteiger partial charge in [0.05, 0.1) is 12.4 Å². The van der Waals surface area contributed by atoms with Gasteiger partial charge in [-0.1, -0.05) is 13.0 Å². The molecule has 1 aliphatic heterocycles. The van der Waals surface area contributed by atoms with Gasteiger partial charge in [0.1, 0.15) is 5.82 Å². The lowest BCUT2D eigenvalue weighted by molar-refractivity contribution is 0.189. The van der Waals surface area contributed by atoms with E-state index >= 15 is 0 Å². The van der Waals surface area contributed by atoms with Crippen molar-refractivity contribution in [2.45, 2.75) is 25.8 Å². The molecule has 1 fully saturated rings. The van der Waals surface area contributed by atoms with Crippen LogP contribution in [-0.2, 0) is 6.42 Å². The lowest BCUT2D eigenvalue weighted by Crippen LogP contribution is -2.49. The second-order valence-corrected chi connectivity index (χ2v) is 7.06. The van der Waals surface area contributed by atoms with Gasteiger partial charge in [0, 0.05) is 51.7 Å². The van der Waals surface area contributed by atoms with Gasteiger partial charge < -0.3 is 14.8 Å². The minimum Gasteiger partial charge on any atom is -0.356 e. The first-order chi connectivity index (χ1) is 13.3. The molecule has 2 unspecified atom stereocenters. The monoisotopic (exact) mass is 366 g/mol. The minimum absolute atomic E-state index is 0.417. The van der Waals surface area contributed by atoms with Crippen LogP contribution in [0.5, 0.6) is 0 Å². The van der Waals surface area contributed by atoms with Crippen LogP contribution in [0, 0.1) is 5.92 Å². The Balaban J connectivity index is 1.37. The Bertz CT molecular complexity index is 897. The molecular weight excluding hydrogens is 340 g/mol. The van der Waals surface area contributed by atoms with Crippen LogP contribution >= 0.6 is 0 Å². The molecule has 0 aliphatic carbocycles. The zero-order chi connectivity index (χ0) is 18.6. The van der Waals surface area contributed by atoms with E-state index in [0.717, 1.165) is 49.9 Å². The number of nitrogens with one attached hydrogen (secondary N) is 1. The first kappa shape index (κ1) is 17.5. The zero-order valence-electron chi connectivity index (χ0n) is 15.9. The molecular formula is C19H26N8. The Morgan fingerprint density at radius 2 is 2.22 bits per heavy atom. The van der Waals surface area contributed by atoms with Crippen molar-refractivity contribution < 1.29 is 0 Å². The SMILES string of the molecule is CN=C(NCCc1nnc2ccccn12)N1CCC(C)C(n2ccnc2)C1. The summed E-state index contributed by atoms with van der Waals surface area (Å²) in [7, 11) is 1.85. The van der Waals surface area contributed by atoms with Crippen molar-refractivity contribution in [1.82, 2.24) is 34.4 Å². The molecule has 2 atom stereocenters. The summed E-state index contributed by atoms with van der Waals surface area (Å²) in [6, 6.07) is 6.35. The van der Waals surface area contributed by atoms with E-state index < -0.39 is 0 Å². The molecule has 142 valence electrons. The number of piperidine rings is 1. The third-order valence-electron chi connectivity index (χ3n) is 5.35. The second kappa shape index (κ2) is 7.77. The fraction of sp³-hybridized carbons (Fsp3) is 0.474. The summed E-state index contributed by atoms with van der Waals surface area (Å²) in [6.07, 6.45) is 9.75. The van der Waals surface area contributed by atoms with Crippen LogP contribution in [0.25, 0.3) is 5.65 Å². The molecule has 27 heavy (non-hydrogen) atoms. The van der Waals surface area contributed by atoms with E-state index in [1.54, 1.807) is 0 Å². The first-order valence-electron chi connectivity index (χ1n) is 9.48. The van der Waals surface area contributed by atoms with Crippen molar-refractivity contribution in [2.75, 3.05) is 26.7 Å². The molecule has 3 aromatic rings. The maximum absolute atomic E-state index is 4.50. The van der Waals surface area contributed by atoms with Crippen LogP contribution in [0.2, 0.25) is 0 Å². The molecule has 0 bridgehead atoms. The van der Waals surface area contributed by atoms with Crippen molar-refractivity contribution in [3.63, 3.8) is 0 Å². The average Bonchev–Trinajstić information content (AvgIpc) is 3.36. The van der Waals surface area contributed by atoms with E-state index in [2.05, 4.69) is 48.1 Å². The fourth-order valence-electron chi connectivity index (χ4n) is 3.77. The van der Waals surface area contributed by atoms with E-state index in [0.29, 0.717) is 12.0 Å². The van der Waals surface area contributed by atoms with Crippen LogP contribution in [0.1, 0.15) is 25.2 Å². The molecule has 3 aromatic heterocycles. The quantitative estimate of drug-likeness (QED) is 0.561. The van der Waals surface area contributed by atoms with E-state index in [4.69, 9.17) is 0 Å². The average molecular weight is 366 g/mol. The lowest BCUT2D eigenvalue weighted by atomic mass is 9.93. The maximum atomic E-state index is 4.50. The number of pyridine rings is 1. The molecule has 0 amide bonds. The van der Waals surface area contributed by atoms with Gasteiger partial charge in [0.15, 0.2) is 11.6 Å². The Kier molecular flexibility index (Phi) is 5.04. The third-order valence-corrected chi connectivity index (χ3v) is 5.35. The van der Waals surface area contributed by atoms with Gasteiger partial charge in [-0.05, 0) is 24.5 Å². The summed E-state index contributed by atoms with van der Waals surface area (Å²) < 4.78 is 4.24. The van der Waals surface area contributed by atoms with Gasteiger partial charge >= 0.3 is 0 Å². The number of hydrogen-bond donors (Lipinski definition) is 1. The van der Waals surface area contributed by atoms with Crippen molar-refractivity contribution in [2.24, 2.45) is 10.9 Å². The number of fused-ring (bicyclic) bond motifs is 1. The highest BCUT2D eigenvalue weighted by Crippen LogP contribution is 2.27. The number of hydrogen-bond acceptors (Lipinski definition) is 4. The largest absolute Gasteiger partial charge is 0.356 e. The molecule has 1 N–H and O–H groups in total. The van der Waals surface area contributed by atoms with E-state index in [-0.39, 0.29) is 0 Å². The van der Waals surface area contributed by atoms with Crippen molar-refractivity contribution in [1.29, 1.82) is 0 Å². The highest BCUT2D eigenvalue weighted by molar-refractivity contribution is 5.80. The van der Waals surface area contributed by atoms with Crippen LogP contribution in [0.4, 0.5) is 0 Å². The molecule has 8 nitrogen and oxygen atoms in total. The predicted molar refractivity (Wildman–Crippen MR) is 105 cm³/mol. The van der Waals surface area contributed by atoms with Crippen LogP contribution < -0.4 is 5.32 Å². The smallest absolute Gasteiger partial charge is 0.193 e. The van der Waals surface area contributed by atoms with Crippen LogP contribution in [0.15, 0.2) is 48.1 Å². The highest BCUT2D eigenvalue weighted by atomic mass is 15.3. The van der Waals surface area contributed by atoms with Crippen LogP contribution in [-0.4, -0.2) is 61.7 Å². The van der Waals surface area contributed by atoms with Crippen LogP contribution in [0.3, 0.4) is 0 Å². The van der Waals surface area contributed by atoms with Crippen molar-refractivity contribution >= 4 is 11.6 Å². The fourth-order valence-corrected chi connectivity index (χ4v) is 3.77. The van der Waals surface area contributed by atoms with Gasteiger partial charge in [0.25, 0.3) is 0 Å². The molecule has 0 spiro atoms. The Morgan fingerprint density at radius 1 is 1.30 bits per heavy atom. The molecule has 1 aliphatic rings. The molecule has 0 aromatic carbocycles. The lowest BCUT2D eigenvalue weighted by Gasteiger charge is -2.39. The summed E-state index contributed by atoms with van der Waals surface area (Å²) >= 11 is 0. The Morgan fingerprint density at radius 3 is 3.04 bits per heavy atom. The molecule has 4 heterocycles. The summed E-state index contributed by atoms with van der Waals surface area (Å²) in [5, 5.41) is 12.0. The Labute approximate surface area is 159 Å². The van der Waals surface area contributed by atoms with Crippen molar-refractivity contribution in [3.8, 4) is 0 Å². The topological polar surface area (TPSA) is 75.6 Å². The summed E-state index contributed by atoms with van der Waals surface area (Å²) in [5.41, 5.74) is 0.880. The molecule has 1 saturated heterocycles. The number of guanidine groups is 1. The summed E-state index contributed by atoms with van der Waals surface area (Å²) in [5.74, 6) is 2.52. The van der Waals surface area contributed by atoms with E-state index in [9.17, 15) is 0 Å². The summed E-state index contributed by atoms with van der Waals surface area (Å²) in [4.78, 5) is 11.0. The molecule has 4 rings (SSSR count). The minimum atomic E-state index is 0.417. The number of rotatable bonds is 4. The highest BCUT2D eigenvalue weighted by Gasteiger charge is 2.28. The number of nitrogens with zero attached hydrogens (tertiary/aromatic N) is 7. The number of likely N-dealkylation sites (tertiary alicyclic amines) is 1. The molecule has 0 saturated carbocycles. The zero-order valence-corrected chi connectivity index (χ0v) is 15.9. The van der Waals surface area contributed by atoms with Gasteiger partial charge in [-0.2, -0.15) is 0 Å². The Hall–Kier alpha value is -2.90. The third kappa shape index (κ3) is 3.65. The van der Waals surface area contributed by atoms with Gasteiger partial charge in [-0.15, -0.1) is 10.2 Å². The van der Waals surface area contributed by atoms with Gasteiger partial charge in [-0.3, -0.25) is 9.39 Å². The number of aromatic nitrogens is 5. The number of aliphatic imine (C=N–C) groups is 1. The summed E-state index contributed by atoms with van der Waals surface area (Å²) in [6.45, 7) is 5.03. The maximum Gasteiger partial charge on any atom is 0.193 e.